The first-order valence-electron chi connectivity index (χ1n) is 12.9. The summed E-state index contributed by atoms with van der Waals surface area (Å²) in [7, 11) is 4.62. The van der Waals surface area contributed by atoms with Crippen molar-refractivity contribution in [3.63, 3.8) is 0 Å². The molecule has 6 rings (SSSR count). The van der Waals surface area contributed by atoms with Crippen molar-refractivity contribution >= 4 is 34.8 Å². The molecule has 11 heteroatoms. The van der Waals surface area contributed by atoms with E-state index in [0.29, 0.717) is 25.5 Å². The number of hydrogen-bond acceptors (Lipinski definition) is 7. The molecule has 3 aromatic rings. The maximum atomic E-state index is 13.7. The number of aromatic nitrogens is 2. The van der Waals surface area contributed by atoms with Crippen LogP contribution in [0.1, 0.15) is 12.0 Å². The first-order chi connectivity index (χ1) is 18.8. The van der Waals surface area contributed by atoms with Crippen LogP contribution in [-0.4, -0.2) is 101 Å². The predicted molar refractivity (Wildman–Crippen MR) is 143 cm³/mol. The van der Waals surface area contributed by atoms with Gasteiger partial charge in [-0.25, -0.2) is 14.6 Å². The lowest BCUT2D eigenvalue weighted by atomic mass is 9.90. The highest BCUT2D eigenvalue weighted by Gasteiger charge is 2.58. The molecule has 0 radical (unpaired) electrons. The minimum absolute atomic E-state index is 0.0932. The van der Waals surface area contributed by atoms with Crippen LogP contribution in [0.15, 0.2) is 53.7 Å². The zero-order chi connectivity index (χ0) is 27.3. The number of likely N-dealkylation sites (tertiary alicyclic amines) is 2. The highest BCUT2D eigenvalue weighted by molar-refractivity contribution is 6.16. The molecule has 3 aliphatic heterocycles. The number of amidine groups is 1. The summed E-state index contributed by atoms with van der Waals surface area (Å²) in [5.74, 6) is 0.561. The van der Waals surface area contributed by atoms with Crippen molar-refractivity contribution < 1.29 is 23.9 Å². The molecular weight excluding hydrogens is 500 g/mol. The first-order valence-corrected chi connectivity index (χ1v) is 12.9. The van der Waals surface area contributed by atoms with E-state index in [2.05, 4.69) is 23.3 Å². The largest absolute Gasteiger partial charge is 0.453 e. The van der Waals surface area contributed by atoms with Gasteiger partial charge in [0.15, 0.2) is 5.54 Å². The average Bonchev–Trinajstić information content (AvgIpc) is 3.64. The molecule has 11 nitrogen and oxygen atoms in total. The Morgan fingerprint density at radius 1 is 0.974 bits per heavy atom. The molecule has 39 heavy (non-hydrogen) atoms. The maximum absolute atomic E-state index is 13.7. The van der Waals surface area contributed by atoms with Gasteiger partial charge in [0.25, 0.3) is 5.91 Å². The highest BCUT2D eigenvalue weighted by Crippen LogP contribution is 2.36. The Balaban J connectivity index is 1.27. The van der Waals surface area contributed by atoms with Crippen LogP contribution in [0.5, 0.6) is 0 Å². The molecule has 2 aromatic carbocycles. The van der Waals surface area contributed by atoms with Crippen LogP contribution in [0.4, 0.5) is 9.59 Å². The van der Waals surface area contributed by atoms with Crippen LogP contribution in [0.3, 0.4) is 0 Å². The number of methoxy groups -OCH3 is 2. The number of carbonyl (C=O) groups excluding carboxylic acids is 3. The number of aliphatic imine (C=N–C) groups is 1. The van der Waals surface area contributed by atoms with Gasteiger partial charge in [0.2, 0.25) is 0 Å². The van der Waals surface area contributed by atoms with Crippen molar-refractivity contribution in [3.8, 4) is 11.1 Å². The molecule has 202 valence electrons. The Kier molecular flexibility index (Phi) is 6.00. The van der Waals surface area contributed by atoms with E-state index in [1.54, 1.807) is 9.80 Å². The summed E-state index contributed by atoms with van der Waals surface area (Å²) in [6.07, 6.45) is 1.79. The monoisotopic (exact) mass is 530 g/mol. The van der Waals surface area contributed by atoms with Gasteiger partial charge < -0.3 is 19.3 Å². The van der Waals surface area contributed by atoms with Gasteiger partial charge in [-0.1, -0.05) is 30.3 Å². The van der Waals surface area contributed by atoms with E-state index in [-0.39, 0.29) is 31.0 Å². The van der Waals surface area contributed by atoms with Crippen LogP contribution >= 0.6 is 0 Å². The smallest absolute Gasteiger partial charge is 0.409 e. The number of amides is 3. The lowest BCUT2D eigenvalue weighted by Gasteiger charge is -2.43. The number of carbonyl (C=O) groups is 3. The van der Waals surface area contributed by atoms with Gasteiger partial charge in [-0.3, -0.25) is 14.4 Å². The van der Waals surface area contributed by atoms with Gasteiger partial charge in [-0.15, -0.1) is 0 Å². The summed E-state index contributed by atoms with van der Waals surface area (Å²) in [5, 5.41) is 5.39. The van der Waals surface area contributed by atoms with Crippen LogP contribution in [-0.2, 0) is 21.3 Å². The third-order valence-corrected chi connectivity index (χ3v) is 7.94. The maximum Gasteiger partial charge on any atom is 0.409 e. The number of ether oxygens (including phenoxy) is 2. The van der Waals surface area contributed by atoms with Crippen LogP contribution < -0.4 is 0 Å². The Morgan fingerprint density at radius 3 is 2.36 bits per heavy atom. The van der Waals surface area contributed by atoms with Crippen LogP contribution in [0.25, 0.3) is 22.0 Å². The standard InChI is InChI=1S/C28H30N6O5/c1-31-23-9-8-21(12-22(23)13-29-31)19-4-6-20(7-5-19)24-30-28(16-33(17-28)27(37)39-3)25(35)34(24)15-18-10-11-32(14-18)26(36)38-2/h4-9,12-13,18H,10-11,14-17H2,1-3H3/t18-/m1/s1. The number of rotatable bonds is 4. The molecule has 3 aliphatic rings. The topological polar surface area (TPSA) is 110 Å². The molecule has 4 heterocycles. The summed E-state index contributed by atoms with van der Waals surface area (Å²) in [4.78, 5) is 47.5. The van der Waals surface area contributed by atoms with E-state index in [9.17, 15) is 14.4 Å². The van der Waals surface area contributed by atoms with Crippen molar-refractivity contribution in [1.29, 1.82) is 0 Å². The Bertz CT molecular complexity index is 1490. The first kappa shape index (κ1) is 24.9. The molecule has 2 saturated heterocycles. The summed E-state index contributed by atoms with van der Waals surface area (Å²) in [6.45, 7) is 1.90. The number of fused-ring (bicyclic) bond motifs is 1. The molecule has 1 spiro atoms. The molecule has 2 fully saturated rings. The molecule has 1 atom stereocenters. The predicted octanol–water partition coefficient (Wildman–Crippen LogP) is 2.74. The second kappa shape index (κ2) is 9.40. The van der Waals surface area contributed by atoms with Crippen molar-refractivity contribution in [3.05, 3.63) is 54.2 Å². The highest BCUT2D eigenvalue weighted by atomic mass is 16.5. The molecule has 0 unspecified atom stereocenters. The fourth-order valence-electron chi connectivity index (χ4n) is 5.79. The SMILES string of the molecule is COC(=O)N1CC[C@@H](CN2C(=O)C3(CN(C(=O)OC)C3)N=C2c2ccc(-c3ccc4c(cnn4C)c3)cc2)C1. The quantitative estimate of drug-likeness (QED) is 0.513. The minimum atomic E-state index is -1.01. The van der Waals surface area contributed by atoms with Gasteiger partial charge in [0.05, 0.1) is 39.0 Å². The number of benzene rings is 2. The fourth-order valence-corrected chi connectivity index (χ4v) is 5.79. The van der Waals surface area contributed by atoms with Gasteiger partial charge in [-0.05, 0) is 35.6 Å². The van der Waals surface area contributed by atoms with Crippen molar-refractivity contribution in [2.75, 3.05) is 46.9 Å². The van der Waals surface area contributed by atoms with Gasteiger partial charge >= 0.3 is 12.2 Å². The Hall–Kier alpha value is -4.41. The third-order valence-electron chi connectivity index (χ3n) is 7.94. The van der Waals surface area contributed by atoms with Gasteiger partial charge in [0, 0.05) is 37.6 Å². The number of nitrogens with zero attached hydrogens (tertiary/aromatic N) is 6. The summed E-state index contributed by atoms with van der Waals surface area (Å²) in [5.41, 5.74) is 3.00. The third kappa shape index (κ3) is 4.18. The van der Waals surface area contributed by atoms with E-state index >= 15 is 0 Å². The van der Waals surface area contributed by atoms with Crippen LogP contribution in [0.2, 0.25) is 0 Å². The van der Waals surface area contributed by atoms with E-state index in [1.807, 2.05) is 42.2 Å². The molecule has 1 aromatic heterocycles. The average molecular weight is 531 g/mol. The molecule has 0 N–H and O–H groups in total. The van der Waals surface area contributed by atoms with E-state index < -0.39 is 11.6 Å². The molecule has 0 aliphatic carbocycles. The van der Waals surface area contributed by atoms with Gasteiger partial charge in [-0.2, -0.15) is 5.10 Å². The number of hydrogen-bond donors (Lipinski definition) is 0. The summed E-state index contributed by atoms with van der Waals surface area (Å²) < 4.78 is 11.5. The lowest BCUT2D eigenvalue weighted by Crippen LogP contribution is -2.66. The Morgan fingerprint density at radius 2 is 1.64 bits per heavy atom. The van der Waals surface area contributed by atoms with Crippen molar-refractivity contribution in [2.24, 2.45) is 18.0 Å². The summed E-state index contributed by atoms with van der Waals surface area (Å²) in [6, 6.07) is 14.2. The second-order valence-corrected chi connectivity index (χ2v) is 10.4. The van der Waals surface area contributed by atoms with E-state index in [0.717, 1.165) is 34.0 Å². The molecular formula is C28H30N6O5. The zero-order valence-corrected chi connectivity index (χ0v) is 22.2. The molecule has 3 amide bonds. The Labute approximate surface area is 225 Å². The normalized spacial score (nSPS) is 20.0. The second-order valence-electron chi connectivity index (χ2n) is 10.4. The van der Waals surface area contributed by atoms with Gasteiger partial charge in [0.1, 0.15) is 5.84 Å². The van der Waals surface area contributed by atoms with E-state index in [1.165, 1.54) is 19.1 Å². The van der Waals surface area contributed by atoms with Crippen molar-refractivity contribution in [1.82, 2.24) is 24.5 Å². The summed E-state index contributed by atoms with van der Waals surface area (Å²) >= 11 is 0. The van der Waals surface area contributed by atoms with E-state index in [4.69, 9.17) is 14.5 Å². The molecule has 0 bridgehead atoms. The van der Waals surface area contributed by atoms with Crippen LogP contribution in [0, 0.1) is 5.92 Å². The fraction of sp³-hybridized carbons (Fsp3) is 0.393. The minimum Gasteiger partial charge on any atom is -0.453 e. The molecule has 0 saturated carbocycles. The number of aryl methyl sites for hydroxylation is 1. The lowest BCUT2D eigenvalue weighted by molar-refractivity contribution is -0.136. The van der Waals surface area contributed by atoms with Crippen molar-refractivity contribution in [2.45, 2.75) is 12.0 Å². The zero-order valence-electron chi connectivity index (χ0n) is 22.2.